The van der Waals surface area contributed by atoms with E-state index in [0.717, 1.165) is 24.6 Å². The maximum atomic E-state index is 5.91. The minimum atomic E-state index is 0.453. The summed E-state index contributed by atoms with van der Waals surface area (Å²) in [6, 6.07) is 11.4. The van der Waals surface area contributed by atoms with E-state index < -0.39 is 0 Å². The predicted molar refractivity (Wildman–Crippen MR) is 125 cm³/mol. The Balaban J connectivity index is 1.64. The van der Waals surface area contributed by atoms with Crippen molar-refractivity contribution in [3.05, 3.63) is 64.0 Å². The van der Waals surface area contributed by atoms with Gasteiger partial charge in [0.2, 0.25) is 11.6 Å². The molecule has 164 valence electrons. The molecule has 2 aromatic heterocycles. The Kier molecular flexibility index (Phi) is 8.12. The van der Waals surface area contributed by atoms with E-state index in [4.69, 9.17) is 14.2 Å². The molecule has 0 aliphatic rings. The molecular weight excluding hydrogens is 412 g/mol. The second-order valence-corrected chi connectivity index (χ2v) is 7.67. The third-order valence-corrected chi connectivity index (χ3v) is 5.56. The largest absolute Gasteiger partial charge is 0.493 e. The second-order valence-electron chi connectivity index (χ2n) is 6.67. The van der Waals surface area contributed by atoms with Gasteiger partial charge in [-0.3, -0.25) is 0 Å². The van der Waals surface area contributed by atoms with Gasteiger partial charge in [0.25, 0.3) is 0 Å². The zero-order valence-electron chi connectivity index (χ0n) is 18.3. The van der Waals surface area contributed by atoms with Gasteiger partial charge in [0.1, 0.15) is 0 Å². The van der Waals surface area contributed by atoms with Crippen LogP contribution in [-0.4, -0.2) is 31.7 Å². The highest BCUT2D eigenvalue weighted by Crippen LogP contribution is 2.39. The molecule has 0 radical (unpaired) electrons. The smallest absolute Gasteiger partial charge is 0.219 e. The van der Waals surface area contributed by atoms with E-state index in [1.54, 1.807) is 31.8 Å². The van der Waals surface area contributed by atoms with Crippen LogP contribution >= 0.6 is 11.3 Å². The molecule has 2 heterocycles. The van der Waals surface area contributed by atoms with Crippen molar-refractivity contribution in [1.29, 1.82) is 0 Å². The number of guanidine groups is 1. The van der Waals surface area contributed by atoms with Gasteiger partial charge in [-0.15, -0.1) is 11.3 Å². The van der Waals surface area contributed by atoms with Crippen molar-refractivity contribution >= 4 is 17.3 Å². The Hall–Kier alpha value is -3.26. The van der Waals surface area contributed by atoms with Gasteiger partial charge in [-0.05, 0) is 48.6 Å². The standard InChI is InChI=1S/C23H28N4O3S/c1-5-24-23(27-15-20-16(2)11-12-31-20)26-14-17-9-10-21(25-13-17)30-22-18(28-3)7-6-8-19(22)29-4/h6-13H,5,14-15H2,1-4H3,(H2,24,26,27). The van der Waals surface area contributed by atoms with Crippen molar-refractivity contribution in [1.82, 2.24) is 15.6 Å². The lowest BCUT2D eigenvalue weighted by Gasteiger charge is -2.13. The normalized spacial score (nSPS) is 11.2. The molecule has 0 atom stereocenters. The number of benzene rings is 1. The van der Waals surface area contributed by atoms with Crippen LogP contribution < -0.4 is 24.8 Å². The number of aliphatic imine (C=N–C) groups is 1. The number of hydrogen-bond acceptors (Lipinski definition) is 6. The molecule has 0 unspecified atom stereocenters. The molecule has 0 aliphatic heterocycles. The molecule has 0 aliphatic carbocycles. The molecule has 0 spiro atoms. The Labute approximate surface area is 187 Å². The van der Waals surface area contributed by atoms with Gasteiger partial charge in [-0.25, -0.2) is 9.98 Å². The predicted octanol–water partition coefficient (Wildman–Crippen LogP) is 4.52. The molecule has 0 amide bonds. The minimum Gasteiger partial charge on any atom is -0.493 e. The van der Waals surface area contributed by atoms with E-state index in [2.05, 4.69) is 39.0 Å². The van der Waals surface area contributed by atoms with Gasteiger partial charge in [-0.1, -0.05) is 12.1 Å². The van der Waals surface area contributed by atoms with Crippen LogP contribution in [0.15, 0.2) is 53.0 Å². The lowest BCUT2D eigenvalue weighted by atomic mass is 10.3. The van der Waals surface area contributed by atoms with Gasteiger partial charge in [0.15, 0.2) is 17.5 Å². The third kappa shape index (κ3) is 6.11. The molecule has 0 saturated carbocycles. The molecule has 1 aromatic carbocycles. The average Bonchev–Trinajstić information content (AvgIpc) is 3.21. The molecule has 3 aromatic rings. The monoisotopic (exact) mass is 440 g/mol. The minimum absolute atomic E-state index is 0.453. The van der Waals surface area contributed by atoms with Gasteiger partial charge in [-0.2, -0.15) is 0 Å². The van der Waals surface area contributed by atoms with E-state index >= 15 is 0 Å². The summed E-state index contributed by atoms with van der Waals surface area (Å²) < 4.78 is 16.6. The third-order valence-electron chi connectivity index (χ3n) is 4.54. The number of aromatic nitrogens is 1. The van der Waals surface area contributed by atoms with Crippen molar-refractivity contribution in [3.8, 4) is 23.1 Å². The fourth-order valence-corrected chi connectivity index (χ4v) is 3.69. The number of ether oxygens (including phenoxy) is 3. The highest BCUT2D eigenvalue weighted by molar-refractivity contribution is 7.10. The maximum absolute atomic E-state index is 5.91. The van der Waals surface area contributed by atoms with Crippen LogP contribution in [0.3, 0.4) is 0 Å². The molecule has 7 nitrogen and oxygen atoms in total. The van der Waals surface area contributed by atoms with Gasteiger partial charge >= 0.3 is 0 Å². The van der Waals surface area contributed by atoms with Crippen LogP contribution in [0.1, 0.15) is 22.9 Å². The summed E-state index contributed by atoms with van der Waals surface area (Å²) in [5.74, 6) is 2.88. The lowest BCUT2D eigenvalue weighted by Crippen LogP contribution is -2.36. The number of nitrogens with zero attached hydrogens (tertiary/aromatic N) is 2. The Morgan fingerprint density at radius 3 is 2.42 bits per heavy atom. The molecule has 0 fully saturated rings. The first-order valence-corrected chi connectivity index (χ1v) is 10.9. The van der Waals surface area contributed by atoms with E-state index in [1.807, 2.05) is 37.3 Å². The summed E-state index contributed by atoms with van der Waals surface area (Å²) >= 11 is 1.74. The Morgan fingerprint density at radius 2 is 1.84 bits per heavy atom. The lowest BCUT2D eigenvalue weighted by molar-refractivity contribution is 0.342. The number of hydrogen-bond donors (Lipinski definition) is 2. The topological polar surface area (TPSA) is 77.0 Å². The summed E-state index contributed by atoms with van der Waals surface area (Å²) in [5, 5.41) is 8.76. The number of rotatable bonds is 9. The zero-order valence-corrected chi connectivity index (χ0v) is 19.1. The molecule has 2 N–H and O–H groups in total. The van der Waals surface area contributed by atoms with Crippen LogP contribution in [0.4, 0.5) is 0 Å². The van der Waals surface area contributed by atoms with Crippen molar-refractivity contribution in [2.24, 2.45) is 4.99 Å². The average molecular weight is 441 g/mol. The first-order valence-electron chi connectivity index (χ1n) is 10.0. The van der Waals surface area contributed by atoms with Crippen molar-refractivity contribution in [2.75, 3.05) is 20.8 Å². The van der Waals surface area contributed by atoms with E-state index in [1.165, 1.54) is 10.4 Å². The molecular formula is C23H28N4O3S. The summed E-state index contributed by atoms with van der Waals surface area (Å²) in [4.78, 5) is 10.4. The van der Waals surface area contributed by atoms with Crippen LogP contribution in [0.25, 0.3) is 0 Å². The number of thiophene rings is 1. The molecule has 8 heteroatoms. The number of methoxy groups -OCH3 is 2. The summed E-state index contributed by atoms with van der Waals surface area (Å²) in [5.41, 5.74) is 2.27. The Morgan fingerprint density at radius 1 is 1.06 bits per heavy atom. The van der Waals surface area contributed by atoms with Crippen LogP contribution in [0.2, 0.25) is 0 Å². The molecule has 3 rings (SSSR count). The number of aryl methyl sites for hydroxylation is 1. The highest BCUT2D eigenvalue weighted by Gasteiger charge is 2.13. The van der Waals surface area contributed by atoms with Crippen LogP contribution in [0.5, 0.6) is 23.1 Å². The zero-order chi connectivity index (χ0) is 22.1. The summed E-state index contributed by atoms with van der Waals surface area (Å²) in [6.07, 6.45) is 1.76. The number of pyridine rings is 1. The van der Waals surface area contributed by atoms with Crippen LogP contribution in [-0.2, 0) is 13.1 Å². The fraction of sp³-hybridized carbons (Fsp3) is 0.304. The second kappa shape index (κ2) is 11.2. The molecule has 0 saturated heterocycles. The fourth-order valence-electron chi connectivity index (χ4n) is 2.85. The quantitative estimate of drug-likeness (QED) is 0.376. The van der Waals surface area contributed by atoms with E-state index in [0.29, 0.717) is 29.7 Å². The van der Waals surface area contributed by atoms with Crippen molar-refractivity contribution in [2.45, 2.75) is 26.9 Å². The summed E-state index contributed by atoms with van der Waals surface area (Å²) in [6.45, 7) is 6.22. The van der Waals surface area contributed by atoms with E-state index in [-0.39, 0.29) is 0 Å². The molecule has 31 heavy (non-hydrogen) atoms. The van der Waals surface area contributed by atoms with Crippen molar-refractivity contribution in [3.63, 3.8) is 0 Å². The first-order chi connectivity index (χ1) is 15.1. The van der Waals surface area contributed by atoms with E-state index in [9.17, 15) is 0 Å². The summed E-state index contributed by atoms with van der Waals surface area (Å²) in [7, 11) is 3.18. The Bertz CT molecular complexity index is 980. The SMILES string of the molecule is CCNC(=NCc1ccc(Oc2c(OC)cccc2OC)nc1)NCc1sccc1C. The number of para-hydroxylation sites is 1. The van der Waals surface area contributed by atoms with Gasteiger partial charge in [0, 0.05) is 23.7 Å². The van der Waals surface area contributed by atoms with Gasteiger partial charge in [0.05, 0.1) is 27.3 Å². The maximum Gasteiger partial charge on any atom is 0.219 e. The van der Waals surface area contributed by atoms with Crippen molar-refractivity contribution < 1.29 is 14.2 Å². The highest BCUT2D eigenvalue weighted by atomic mass is 32.1. The van der Waals surface area contributed by atoms with Gasteiger partial charge < -0.3 is 24.8 Å². The first kappa shape index (κ1) is 22.4. The van der Waals surface area contributed by atoms with Crippen LogP contribution in [0, 0.1) is 6.92 Å². The number of nitrogens with one attached hydrogen (secondary N) is 2. The molecule has 0 bridgehead atoms.